The monoisotopic (exact) mass is 422 g/mol. The molecule has 0 fully saturated rings. The molecule has 1 amide bonds. The van der Waals surface area contributed by atoms with E-state index in [0.29, 0.717) is 11.5 Å². The smallest absolute Gasteiger partial charge is 0.252 e. The molecule has 4 aromatic rings. The van der Waals surface area contributed by atoms with Crippen molar-refractivity contribution in [2.75, 3.05) is 0 Å². The van der Waals surface area contributed by atoms with Gasteiger partial charge in [-0.2, -0.15) is 0 Å². The summed E-state index contributed by atoms with van der Waals surface area (Å²) in [4.78, 5) is 18.3. The molecule has 1 heterocycles. The third-order valence-corrected chi connectivity index (χ3v) is 5.77. The van der Waals surface area contributed by atoms with E-state index in [0.717, 1.165) is 40.6 Å². The van der Waals surface area contributed by atoms with E-state index in [1.165, 1.54) is 5.56 Å². The van der Waals surface area contributed by atoms with Gasteiger partial charge >= 0.3 is 0 Å². The van der Waals surface area contributed by atoms with Crippen LogP contribution in [-0.4, -0.2) is 10.9 Å². The molecule has 3 nitrogen and oxygen atoms in total. The molecule has 0 spiro atoms. The van der Waals surface area contributed by atoms with Gasteiger partial charge in [0.2, 0.25) is 0 Å². The van der Waals surface area contributed by atoms with Crippen LogP contribution in [0, 0.1) is 5.92 Å². The molecule has 0 aliphatic carbocycles. The van der Waals surface area contributed by atoms with Crippen LogP contribution in [0.15, 0.2) is 84.9 Å². The summed E-state index contributed by atoms with van der Waals surface area (Å²) in [6, 6.07) is 28.4. The Kier molecular flexibility index (Phi) is 6.65. The number of nitrogens with zero attached hydrogens (tertiary/aromatic N) is 1. The zero-order chi connectivity index (χ0) is 22.5. The first-order valence-electron chi connectivity index (χ1n) is 11.4. The molecule has 162 valence electrons. The molecule has 0 unspecified atom stereocenters. The van der Waals surface area contributed by atoms with Crippen molar-refractivity contribution in [2.24, 2.45) is 5.92 Å². The fraction of sp³-hybridized carbons (Fsp3) is 0.241. The van der Waals surface area contributed by atoms with Crippen LogP contribution in [0.5, 0.6) is 0 Å². The van der Waals surface area contributed by atoms with Gasteiger partial charge in [-0.1, -0.05) is 93.6 Å². The Morgan fingerprint density at radius 1 is 0.906 bits per heavy atom. The van der Waals surface area contributed by atoms with Crippen LogP contribution in [0.3, 0.4) is 0 Å². The van der Waals surface area contributed by atoms with E-state index in [-0.39, 0.29) is 11.9 Å². The number of carbonyl (C=O) groups is 1. The van der Waals surface area contributed by atoms with Gasteiger partial charge in [0.25, 0.3) is 5.91 Å². The van der Waals surface area contributed by atoms with E-state index in [2.05, 4.69) is 62.5 Å². The second-order valence-corrected chi connectivity index (χ2v) is 8.71. The van der Waals surface area contributed by atoms with Gasteiger partial charge in [0, 0.05) is 10.9 Å². The third kappa shape index (κ3) is 4.88. The fourth-order valence-electron chi connectivity index (χ4n) is 4.14. The van der Waals surface area contributed by atoms with Crippen LogP contribution >= 0.6 is 0 Å². The predicted octanol–water partition coefficient (Wildman–Crippen LogP) is 6.98. The lowest BCUT2D eigenvalue weighted by molar-refractivity contribution is 0.0937. The molecule has 0 aliphatic heterocycles. The van der Waals surface area contributed by atoms with Gasteiger partial charge in [0.1, 0.15) is 0 Å². The number of rotatable bonds is 7. The quantitative estimate of drug-likeness (QED) is 0.349. The first kappa shape index (κ1) is 21.8. The number of fused-ring (bicyclic) bond motifs is 1. The Hall–Kier alpha value is -3.46. The highest BCUT2D eigenvalue weighted by molar-refractivity contribution is 6.07. The standard InChI is InChI=1S/C29H30N2O/c1-4-26(22-10-6-5-7-11-22)31-29(32)25-19-28(30-27-13-9-8-12-24(25)27)23-16-14-21(15-17-23)18-20(2)3/h5-17,19-20,26H,4,18H2,1-3H3,(H,31,32)/t26-/m1/s1. The van der Waals surface area contributed by atoms with Gasteiger partial charge in [-0.3, -0.25) is 4.79 Å². The minimum absolute atomic E-state index is 0.0330. The Morgan fingerprint density at radius 3 is 2.28 bits per heavy atom. The van der Waals surface area contributed by atoms with Crippen LogP contribution in [0.2, 0.25) is 0 Å². The molecular formula is C29H30N2O. The SMILES string of the molecule is CC[C@@H](NC(=O)c1cc(-c2ccc(CC(C)C)cc2)nc2ccccc12)c1ccccc1. The second-order valence-electron chi connectivity index (χ2n) is 8.71. The molecule has 0 saturated carbocycles. The summed E-state index contributed by atoms with van der Waals surface area (Å²) in [6.07, 6.45) is 1.87. The zero-order valence-corrected chi connectivity index (χ0v) is 19.0. The van der Waals surface area contributed by atoms with Crippen molar-refractivity contribution in [1.82, 2.24) is 10.3 Å². The number of hydrogen-bond acceptors (Lipinski definition) is 2. The summed E-state index contributed by atoms with van der Waals surface area (Å²) in [5, 5.41) is 4.10. The lowest BCUT2D eigenvalue weighted by Gasteiger charge is -2.18. The fourth-order valence-corrected chi connectivity index (χ4v) is 4.14. The molecule has 32 heavy (non-hydrogen) atoms. The van der Waals surface area contributed by atoms with Gasteiger partial charge in [-0.15, -0.1) is 0 Å². The first-order chi connectivity index (χ1) is 15.5. The van der Waals surface area contributed by atoms with Crippen molar-refractivity contribution in [1.29, 1.82) is 0 Å². The van der Waals surface area contributed by atoms with Crippen LogP contribution in [-0.2, 0) is 6.42 Å². The van der Waals surface area contributed by atoms with Gasteiger partial charge in [-0.25, -0.2) is 4.98 Å². The molecule has 3 heteroatoms. The Morgan fingerprint density at radius 2 is 1.59 bits per heavy atom. The maximum atomic E-state index is 13.4. The number of aromatic nitrogens is 1. The minimum atomic E-state index is -0.0722. The van der Waals surface area contributed by atoms with Crippen LogP contribution < -0.4 is 5.32 Å². The average molecular weight is 423 g/mol. The van der Waals surface area contributed by atoms with E-state index in [9.17, 15) is 4.79 Å². The van der Waals surface area contributed by atoms with Crippen molar-refractivity contribution in [2.45, 2.75) is 39.7 Å². The van der Waals surface area contributed by atoms with E-state index >= 15 is 0 Å². The van der Waals surface area contributed by atoms with E-state index < -0.39 is 0 Å². The average Bonchev–Trinajstić information content (AvgIpc) is 2.82. The maximum absolute atomic E-state index is 13.4. The highest BCUT2D eigenvalue weighted by Gasteiger charge is 2.18. The van der Waals surface area contributed by atoms with E-state index in [4.69, 9.17) is 4.98 Å². The summed E-state index contributed by atoms with van der Waals surface area (Å²) in [6.45, 7) is 6.54. The Bertz CT molecular complexity index is 1200. The summed E-state index contributed by atoms with van der Waals surface area (Å²) < 4.78 is 0. The Labute approximate surface area is 190 Å². The summed E-state index contributed by atoms with van der Waals surface area (Å²) in [7, 11) is 0. The van der Waals surface area contributed by atoms with E-state index in [1.54, 1.807) is 0 Å². The van der Waals surface area contributed by atoms with Gasteiger partial charge in [0.15, 0.2) is 0 Å². The molecule has 1 N–H and O–H groups in total. The summed E-state index contributed by atoms with van der Waals surface area (Å²) in [5.74, 6) is 0.544. The second kappa shape index (κ2) is 9.78. The van der Waals surface area contributed by atoms with Crippen molar-refractivity contribution < 1.29 is 4.79 Å². The van der Waals surface area contributed by atoms with Crippen LogP contribution in [0.25, 0.3) is 22.2 Å². The highest BCUT2D eigenvalue weighted by atomic mass is 16.1. The Balaban J connectivity index is 1.70. The maximum Gasteiger partial charge on any atom is 0.252 e. The van der Waals surface area contributed by atoms with Crippen LogP contribution in [0.4, 0.5) is 0 Å². The van der Waals surface area contributed by atoms with Crippen LogP contribution in [0.1, 0.15) is 54.7 Å². The zero-order valence-electron chi connectivity index (χ0n) is 19.0. The molecule has 0 radical (unpaired) electrons. The van der Waals surface area contributed by atoms with Crippen molar-refractivity contribution in [3.63, 3.8) is 0 Å². The molecule has 0 saturated heterocycles. The lowest BCUT2D eigenvalue weighted by Crippen LogP contribution is -2.28. The van der Waals surface area contributed by atoms with Crippen molar-refractivity contribution >= 4 is 16.8 Å². The van der Waals surface area contributed by atoms with Crippen molar-refractivity contribution in [3.8, 4) is 11.3 Å². The topological polar surface area (TPSA) is 42.0 Å². The molecule has 4 rings (SSSR count). The molecule has 1 atom stereocenters. The minimum Gasteiger partial charge on any atom is -0.345 e. The molecule has 1 aromatic heterocycles. The largest absolute Gasteiger partial charge is 0.345 e. The summed E-state index contributed by atoms with van der Waals surface area (Å²) >= 11 is 0. The number of pyridine rings is 1. The number of benzene rings is 3. The van der Waals surface area contributed by atoms with Gasteiger partial charge in [0.05, 0.1) is 22.8 Å². The van der Waals surface area contributed by atoms with Gasteiger partial charge < -0.3 is 5.32 Å². The molecule has 0 aliphatic rings. The number of nitrogens with one attached hydrogen (secondary N) is 1. The normalized spacial score (nSPS) is 12.1. The molecular weight excluding hydrogens is 392 g/mol. The molecule has 0 bridgehead atoms. The third-order valence-electron chi connectivity index (χ3n) is 5.77. The number of hydrogen-bond donors (Lipinski definition) is 1. The summed E-state index contributed by atoms with van der Waals surface area (Å²) in [5.41, 5.74) is 5.75. The predicted molar refractivity (Wildman–Crippen MR) is 133 cm³/mol. The number of carbonyl (C=O) groups excluding carboxylic acids is 1. The number of amides is 1. The first-order valence-corrected chi connectivity index (χ1v) is 11.4. The lowest BCUT2D eigenvalue weighted by atomic mass is 9.99. The van der Waals surface area contributed by atoms with Crippen molar-refractivity contribution in [3.05, 3.63) is 102 Å². The van der Waals surface area contributed by atoms with Gasteiger partial charge in [-0.05, 0) is 42.0 Å². The van der Waals surface area contributed by atoms with E-state index in [1.807, 2.05) is 48.5 Å². The highest BCUT2D eigenvalue weighted by Crippen LogP contribution is 2.27. The molecule has 3 aromatic carbocycles. The number of para-hydroxylation sites is 1.